The Morgan fingerprint density at radius 2 is 1.48 bits per heavy atom. The summed E-state index contributed by atoms with van der Waals surface area (Å²) in [6.07, 6.45) is 0. The fourth-order valence-electron chi connectivity index (χ4n) is 2.77. The zero-order chi connectivity index (χ0) is 17.4. The predicted octanol–water partition coefficient (Wildman–Crippen LogP) is 4.49. The largest absolute Gasteiger partial charge is 0.504 e. The molecule has 1 aromatic heterocycles. The summed E-state index contributed by atoms with van der Waals surface area (Å²) in [6, 6.07) is 19.4. The molecule has 2 N–H and O–H groups in total. The van der Waals surface area contributed by atoms with Crippen molar-refractivity contribution in [3.63, 3.8) is 0 Å². The number of phenols is 1. The Hall–Kier alpha value is -3.34. The zero-order valence-corrected chi connectivity index (χ0v) is 14.1. The zero-order valence-electron chi connectivity index (χ0n) is 14.1. The maximum absolute atomic E-state index is 10.7. The molecule has 124 valence electrons. The van der Waals surface area contributed by atoms with Crippen molar-refractivity contribution in [2.75, 3.05) is 5.32 Å². The lowest BCUT2D eigenvalue weighted by Crippen LogP contribution is -2.02. The number of aromatic nitrogens is 3. The van der Waals surface area contributed by atoms with E-state index in [0.29, 0.717) is 11.4 Å². The Morgan fingerprint density at radius 3 is 2.12 bits per heavy atom. The number of hydrogen-bond acceptors (Lipinski definition) is 4. The lowest BCUT2D eigenvalue weighted by Gasteiger charge is -2.13. The molecule has 0 aliphatic carbocycles. The monoisotopic (exact) mass is 330 g/mol. The molecule has 0 saturated carbocycles. The van der Waals surface area contributed by atoms with Crippen LogP contribution in [0.5, 0.6) is 5.75 Å². The van der Waals surface area contributed by atoms with Crippen molar-refractivity contribution >= 4 is 22.4 Å². The van der Waals surface area contributed by atoms with Crippen molar-refractivity contribution in [2.24, 2.45) is 0 Å². The van der Waals surface area contributed by atoms with Gasteiger partial charge < -0.3 is 10.4 Å². The average molecular weight is 330 g/mol. The summed E-state index contributed by atoms with van der Waals surface area (Å²) in [5.74, 6) is 0.117. The average Bonchev–Trinajstić information content (AvgIpc) is 3.03. The van der Waals surface area contributed by atoms with Crippen LogP contribution in [0, 0.1) is 13.8 Å². The Balaban J connectivity index is 1.78. The maximum Gasteiger partial charge on any atom is 0.166 e. The van der Waals surface area contributed by atoms with E-state index in [-0.39, 0.29) is 5.75 Å². The number of nitrogens with zero attached hydrogens (tertiary/aromatic N) is 3. The van der Waals surface area contributed by atoms with Gasteiger partial charge in [0.05, 0.1) is 5.69 Å². The summed E-state index contributed by atoms with van der Waals surface area (Å²) in [7, 11) is 0. The normalized spacial score (nSPS) is 11.0. The molecule has 4 aromatic rings. The van der Waals surface area contributed by atoms with Gasteiger partial charge in [-0.25, -0.2) is 0 Å². The third kappa shape index (κ3) is 2.92. The van der Waals surface area contributed by atoms with Crippen LogP contribution in [0.2, 0.25) is 0 Å². The fraction of sp³-hybridized carbons (Fsp3) is 0.100. The summed E-state index contributed by atoms with van der Waals surface area (Å²) >= 11 is 0. The second kappa shape index (κ2) is 5.94. The van der Waals surface area contributed by atoms with Gasteiger partial charge in [0.2, 0.25) is 0 Å². The molecule has 0 saturated heterocycles. The van der Waals surface area contributed by atoms with Crippen LogP contribution in [0.1, 0.15) is 11.1 Å². The third-order valence-electron chi connectivity index (χ3n) is 4.07. The van der Waals surface area contributed by atoms with Crippen molar-refractivity contribution in [1.29, 1.82) is 0 Å². The van der Waals surface area contributed by atoms with Crippen LogP contribution in [0.15, 0.2) is 60.7 Å². The number of fused-ring (bicyclic) bond motifs is 1. The van der Waals surface area contributed by atoms with Gasteiger partial charge in [0.1, 0.15) is 16.7 Å². The molecule has 25 heavy (non-hydrogen) atoms. The second-order valence-electron chi connectivity index (χ2n) is 6.15. The number of phenolic OH excluding ortho intramolecular Hbond substituents is 1. The van der Waals surface area contributed by atoms with E-state index in [1.807, 2.05) is 74.5 Å². The van der Waals surface area contributed by atoms with E-state index in [2.05, 4.69) is 15.5 Å². The molecule has 0 unspecified atom stereocenters. The van der Waals surface area contributed by atoms with Crippen LogP contribution in [-0.4, -0.2) is 20.1 Å². The van der Waals surface area contributed by atoms with Gasteiger partial charge in [-0.05, 0) is 55.8 Å². The standard InChI is InChI=1S/C20H18N4O/c1-13-7-9-15(10-8-13)21-18-11-14(2)12-19(20(18)25)24-22-16-5-3-4-6-17(16)23-24/h3-12,21,25H,1-2H3. The van der Waals surface area contributed by atoms with Crippen molar-refractivity contribution in [2.45, 2.75) is 13.8 Å². The molecule has 0 radical (unpaired) electrons. The summed E-state index contributed by atoms with van der Waals surface area (Å²) < 4.78 is 0. The first kappa shape index (κ1) is 15.2. The van der Waals surface area contributed by atoms with Crippen LogP contribution in [0.25, 0.3) is 16.7 Å². The van der Waals surface area contributed by atoms with Gasteiger partial charge in [-0.3, -0.25) is 0 Å². The first-order valence-corrected chi connectivity index (χ1v) is 8.10. The topological polar surface area (TPSA) is 63.0 Å². The fourth-order valence-corrected chi connectivity index (χ4v) is 2.77. The number of rotatable bonds is 3. The number of nitrogens with one attached hydrogen (secondary N) is 1. The van der Waals surface area contributed by atoms with E-state index in [1.54, 1.807) is 0 Å². The lowest BCUT2D eigenvalue weighted by molar-refractivity contribution is 0.470. The van der Waals surface area contributed by atoms with Gasteiger partial charge in [0.15, 0.2) is 5.75 Å². The molecule has 5 heteroatoms. The van der Waals surface area contributed by atoms with Gasteiger partial charge in [-0.1, -0.05) is 29.8 Å². The van der Waals surface area contributed by atoms with Gasteiger partial charge >= 0.3 is 0 Å². The van der Waals surface area contributed by atoms with Crippen LogP contribution in [0.3, 0.4) is 0 Å². The van der Waals surface area contributed by atoms with Gasteiger partial charge in [-0.15, -0.1) is 15.0 Å². The first-order chi connectivity index (χ1) is 12.1. The minimum Gasteiger partial charge on any atom is -0.504 e. The summed E-state index contributed by atoms with van der Waals surface area (Å²) in [6.45, 7) is 4.02. The van der Waals surface area contributed by atoms with Gasteiger partial charge in [-0.2, -0.15) is 0 Å². The molecule has 1 heterocycles. The molecule has 0 bridgehead atoms. The molecule has 0 atom stereocenters. The van der Waals surface area contributed by atoms with E-state index in [9.17, 15) is 5.11 Å². The van der Waals surface area contributed by atoms with Crippen LogP contribution in [-0.2, 0) is 0 Å². The van der Waals surface area contributed by atoms with E-state index in [4.69, 9.17) is 0 Å². The molecule has 3 aromatic carbocycles. The lowest BCUT2D eigenvalue weighted by atomic mass is 10.1. The SMILES string of the molecule is Cc1ccc(Nc2cc(C)cc(-n3nc4ccccc4n3)c2O)cc1. The van der Waals surface area contributed by atoms with Crippen LogP contribution >= 0.6 is 0 Å². The van der Waals surface area contributed by atoms with E-state index in [0.717, 1.165) is 22.3 Å². The molecular formula is C20H18N4O. The highest BCUT2D eigenvalue weighted by molar-refractivity contribution is 5.75. The smallest absolute Gasteiger partial charge is 0.166 e. The highest BCUT2D eigenvalue weighted by atomic mass is 16.3. The van der Waals surface area contributed by atoms with E-state index in [1.165, 1.54) is 10.4 Å². The van der Waals surface area contributed by atoms with Gasteiger partial charge in [0.25, 0.3) is 0 Å². The predicted molar refractivity (Wildman–Crippen MR) is 99.7 cm³/mol. The Bertz CT molecular complexity index is 1020. The van der Waals surface area contributed by atoms with Gasteiger partial charge in [0, 0.05) is 5.69 Å². The highest BCUT2D eigenvalue weighted by Gasteiger charge is 2.14. The minimum absolute atomic E-state index is 0.117. The van der Waals surface area contributed by atoms with Crippen LogP contribution < -0.4 is 5.32 Å². The molecule has 4 rings (SSSR count). The molecular weight excluding hydrogens is 312 g/mol. The maximum atomic E-state index is 10.7. The van der Waals surface area contributed by atoms with E-state index < -0.39 is 0 Å². The number of anilines is 2. The van der Waals surface area contributed by atoms with Crippen molar-refractivity contribution < 1.29 is 5.11 Å². The summed E-state index contributed by atoms with van der Waals surface area (Å²) in [5.41, 5.74) is 5.85. The Morgan fingerprint density at radius 1 is 0.840 bits per heavy atom. The quantitative estimate of drug-likeness (QED) is 0.543. The summed E-state index contributed by atoms with van der Waals surface area (Å²) in [4.78, 5) is 1.48. The molecule has 0 spiro atoms. The number of benzene rings is 3. The number of aryl methyl sites for hydroxylation is 2. The first-order valence-electron chi connectivity index (χ1n) is 8.10. The third-order valence-corrected chi connectivity index (χ3v) is 4.07. The summed E-state index contributed by atoms with van der Waals surface area (Å²) in [5, 5.41) is 22.9. The molecule has 0 fully saturated rings. The molecule has 5 nitrogen and oxygen atoms in total. The minimum atomic E-state index is 0.117. The molecule has 0 amide bonds. The van der Waals surface area contributed by atoms with Crippen molar-refractivity contribution in [3.8, 4) is 11.4 Å². The van der Waals surface area contributed by atoms with E-state index >= 15 is 0 Å². The Labute approximate surface area is 145 Å². The number of aromatic hydroxyl groups is 1. The second-order valence-corrected chi connectivity index (χ2v) is 6.15. The number of hydrogen-bond donors (Lipinski definition) is 2. The highest BCUT2D eigenvalue weighted by Crippen LogP contribution is 2.34. The Kier molecular flexibility index (Phi) is 3.61. The molecule has 0 aliphatic rings. The molecule has 0 aliphatic heterocycles. The van der Waals surface area contributed by atoms with Crippen molar-refractivity contribution in [1.82, 2.24) is 15.0 Å². The van der Waals surface area contributed by atoms with Crippen LogP contribution in [0.4, 0.5) is 11.4 Å². The van der Waals surface area contributed by atoms with Crippen molar-refractivity contribution in [3.05, 3.63) is 71.8 Å².